The van der Waals surface area contributed by atoms with E-state index in [-0.39, 0.29) is 0 Å². The van der Waals surface area contributed by atoms with Gasteiger partial charge in [0.2, 0.25) is 0 Å². The SMILES string of the molecule is CC(CCCNC1CC1)CCCNC1CC1. The molecule has 2 heteroatoms. The molecule has 0 amide bonds. The highest BCUT2D eigenvalue weighted by Crippen LogP contribution is 2.20. The first kappa shape index (κ1) is 12.4. The normalized spacial score (nSPS) is 20.6. The van der Waals surface area contributed by atoms with Crippen LogP contribution in [0.5, 0.6) is 0 Å². The molecule has 2 fully saturated rings. The molecule has 0 aliphatic heterocycles. The van der Waals surface area contributed by atoms with Crippen LogP contribution >= 0.6 is 0 Å². The van der Waals surface area contributed by atoms with Crippen LogP contribution in [0.4, 0.5) is 0 Å². The number of hydrogen-bond acceptors (Lipinski definition) is 2. The van der Waals surface area contributed by atoms with Crippen molar-refractivity contribution in [2.24, 2.45) is 5.92 Å². The van der Waals surface area contributed by atoms with E-state index in [2.05, 4.69) is 17.6 Å². The van der Waals surface area contributed by atoms with Crippen LogP contribution in [0.1, 0.15) is 58.3 Å². The summed E-state index contributed by atoms with van der Waals surface area (Å²) in [5.41, 5.74) is 0. The number of hydrogen-bond donors (Lipinski definition) is 2. The molecule has 0 aromatic rings. The Balaban J connectivity index is 1.33. The Morgan fingerprint density at radius 2 is 1.31 bits per heavy atom. The van der Waals surface area contributed by atoms with Gasteiger partial charge in [0.15, 0.2) is 0 Å². The van der Waals surface area contributed by atoms with Crippen LogP contribution in [-0.2, 0) is 0 Å². The summed E-state index contributed by atoms with van der Waals surface area (Å²) >= 11 is 0. The molecule has 0 spiro atoms. The van der Waals surface area contributed by atoms with Crippen LogP contribution < -0.4 is 10.6 Å². The van der Waals surface area contributed by atoms with Gasteiger partial charge >= 0.3 is 0 Å². The third-order valence-electron chi connectivity index (χ3n) is 3.77. The van der Waals surface area contributed by atoms with E-state index in [9.17, 15) is 0 Å². The highest BCUT2D eigenvalue weighted by molar-refractivity contribution is 4.81. The average Bonchev–Trinajstić information content (AvgIpc) is 3.14. The Labute approximate surface area is 101 Å². The van der Waals surface area contributed by atoms with Crippen LogP contribution in [0.25, 0.3) is 0 Å². The van der Waals surface area contributed by atoms with E-state index in [4.69, 9.17) is 0 Å². The van der Waals surface area contributed by atoms with Gasteiger partial charge in [-0.1, -0.05) is 6.92 Å². The van der Waals surface area contributed by atoms with E-state index in [1.165, 1.54) is 64.5 Å². The smallest absolute Gasteiger partial charge is 0.00682 e. The maximum Gasteiger partial charge on any atom is 0.00682 e. The zero-order valence-corrected chi connectivity index (χ0v) is 10.8. The lowest BCUT2D eigenvalue weighted by Gasteiger charge is -2.11. The first-order valence-electron chi connectivity index (χ1n) is 7.31. The van der Waals surface area contributed by atoms with Crippen LogP contribution in [0.2, 0.25) is 0 Å². The highest BCUT2D eigenvalue weighted by Gasteiger charge is 2.20. The van der Waals surface area contributed by atoms with Gasteiger partial charge in [0.1, 0.15) is 0 Å². The van der Waals surface area contributed by atoms with Gasteiger partial charge in [-0.15, -0.1) is 0 Å². The van der Waals surface area contributed by atoms with Gasteiger partial charge in [0.05, 0.1) is 0 Å². The predicted octanol–water partition coefficient (Wildman–Crippen LogP) is 2.69. The van der Waals surface area contributed by atoms with Gasteiger partial charge in [0, 0.05) is 12.1 Å². The van der Waals surface area contributed by atoms with Crippen molar-refractivity contribution in [1.29, 1.82) is 0 Å². The molecule has 0 aromatic heterocycles. The van der Waals surface area contributed by atoms with E-state index < -0.39 is 0 Å². The first-order valence-corrected chi connectivity index (χ1v) is 7.31. The molecule has 0 aromatic carbocycles. The summed E-state index contributed by atoms with van der Waals surface area (Å²) in [4.78, 5) is 0. The molecule has 94 valence electrons. The second-order valence-corrected chi connectivity index (χ2v) is 5.85. The minimum Gasteiger partial charge on any atom is -0.314 e. The highest BCUT2D eigenvalue weighted by atomic mass is 14.9. The molecule has 0 radical (unpaired) electrons. The Morgan fingerprint density at radius 3 is 1.69 bits per heavy atom. The van der Waals surface area contributed by atoms with Gasteiger partial charge in [-0.3, -0.25) is 0 Å². The molecule has 0 heterocycles. The molecule has 2 N–H and O–H groups in total. The monoisotopic (exact) mass is 224 g/mol. The van der Waals surface area contributed by atoms with E-state index >= 15 is 0 Å². The predicted molar refractivity (Wildman–Crippen MR) is 69.7 cm³/mol. The summed E-state index contributed by atoms with van der Waals surface area (Å²) in [6.07, 6.45) is 11.2. The fraction of sp³-hybridized carbons (Fsp3) is 1.00. The Morgan fingerprint density at radius 1 is 0.875 bits per heavy atom. The van der Waals surface area contributed by atoms with Gasteiger partial charge in [-0.05, 0) is 70.4 Å². The number of rotatable bonds is 10. The van der Waals surface area contributed by atoms with Gasteiger partial charge in [0.25, 0.3) is 0 Å². The maximum atomic E-state index is 3.59. The summed E-state index contributed by atoms with van der Waals surface area (Å²) < 4.78 is 0. The minimum atomic E-state index is 0.887. The van der Waals surface area contributed by atoms with Crippen molar-refractivity contribution >= 4 is 0 Å². The molecule has 0 saturated heterocycles. The lowest BCUT2D eigenvalue weighted by Crippen LogP contribution is -2.19. The fourth-order valence-corrected chi connectivity index (χ4v) is 2.23. The van der Waals surface area contributed by atoms with Crippen molar-refractivity contribution in [3.63, 3.8) is 0 Å². The molecule has 0 atom stereocenters. The fourth-order valence-electron chi connectivity index (χ4n) is 2.23. The third kappa shape index (κ3) is 5.86. The third-order valence-corrected chi connectivity index (χ3v) is 3.77. The zero-order valence-electron chi connectivity index (χ0n) is 10.8. The van der Waals surface area contributed by atoms with Crippen molar-refractivity contribution in [2.75, 3.05) is 13.1 Å². The molecular weight excluding hydrogens is 196 g/mol. The summed E-state index contributed by atoms with van der Waals surface area (Å²) in [5, 5.41) is 7.18. The first-order chi connectivity index (χ1) is 7.84. The molecule has 2 aliphatic rings. The van der Waals surface area contributed by atoms with Crippen molar-refractivity contribution in [3.8, 4) is 0 Å². The van der Waals surface area contributed by atoms with Crippen LogP contribution in [0, 0.1) is 5.92 Å². The Hall–Kier alpha value is -0.0800. The zero-order chi connectivity index (χ0) is 11.2. The second kappa shape index (κ2) is 6.61. The van der Waals surface area contributed by atoms with Crippen LogP contribution in [0.15, 0.2) is 0 Å². The largest absolute Gasteiger partial charge is 0.314 e. The summed E-state index contributed by atoms with van der Waals surface area (Å²) in [7, 11) is 0. The molecule has 16 heavy (non-hydrogen) atoms. The second-order valence-electron chi connectivity index (χ2n) is 5.85. The standard InChI is InChI=1S/C14H28N2/c1-12(4-2-10-15-13-6-7-13)5-3-11-16-14-8-9-14/h12-16H,2-11H2,1H3. The van der Waals surface area contributed by atoms with Gasteiger partial charge in [-0.2, -0.15) is 0 Å². The molecule has 2 nitrogen and oxygen atoms in total. The quantitative estimate of drug-likeness (QED) is 0.558. The van der Waals surface area contributed by atoms with Crippen LogP contribution in [0.3, 0.4) is 0 Å². The summed E-state index contributed by atoms with van der Waals surface area (Å²) in [6, 6.07) is 1.77. The topological polar surface area (TPSA) is 24.1 Å². The van der Waals surface area contributed by atoms with E-state index in [1.54, 1.807) is 0 Å². The van der Waals surface area contributed by atoms with Gasteiger partial charge in [-0.25, -0.2) is 0 Å². The molecule has 0 bridgehead atoms. The Kier molecular flexibility index (Phi) is 5.11. The van der Waals surface area contributed by atoms with E-state index in [0.29, 0.717) is 0 Å². The molecular formula is C14H28N2. The lowest BCUT2D eigenvalue weighted by atomic mass is 10.00. The summed E-state index contributed by atoms with van der Waals surface area (Å²) in [6.45, 7) is 4.90. The molecule has 0 unspecified atom stereocenters. The molecule has 2 aliphatic carbocycles. The number of nitrogens with one attached hydrogen (secondary N) is 2. The Bertz CT molecular complexity index is 165. The van der Waals surface area contributed by atoms with Crippen molar-refractivity contribution in [2.45, 2.75) is 70.4 Å². The van der Waals surface area contributed by atoms with E-state index in [1.807, 2.05) is 0 Å². The molecule has 2 rings (SSSR count). The van der Waals surface area contributed by atoms with Crippen LogP contribution in [-0.4, -0.2) is 25.2 Å². The van der Waals surface area contributed by atoms with Crippen molar-refractivity contribution < 1.29 is 0 Å². The van der Waals surface area contributed by atoms with E-state index in [0.717, 1.165) is 18.0 Å². The summed E-state index contributed by atoms with van der Waals surface area (Å²) in [5.74, 6) is 0.919. The maximum absolute atomic E-state index is 3.59. The van der Waals surface area contributed by atoms with Gasteiger partial charge < -0.3 is 10.6 Å². The lowest BCUT2D eigenvalue weighted by molar-refractivity contribution is 0.442. The van der Waals surface area contributed by atoms with Crippen molar-refractivity contribution in [3.05, 3.63) is 0 Å². The van der Waals surface area contributed by atoms with Crippen molar-refractivity contribution in [1.82, 2.24) is 10.6 Å². The minimum absolute atomic E-state index is 0.887. The average molecular weight is 224 g/mol. The molecule has 2 saturated carbocycles.